The van der Waals surface area contributed by atoms with Gasteiger partial charge in [-0.1, -0.05) is 123 Å². The molecule has 0 bridgehead atoms. The van der Waals surface area contributed by atoms with E-state index in [1.165, 1.54) is 55.5 Å². The van der Waals surface area contributed by atoms with Gasteiger partial charge in [0.1, 0.15) is 0 Å². The Hall–Kier alpha value is -6.12. The summed E-state index contributed by atoms with van der Waals surface area (Å²) in [6, 6.07) is 57.5. The van der Waals surface area contributed by atoms with Gasteiger partial charge < -0.3 is 30.7 Å². The van der Waals surface area contributed by atoms with Crippen LogP contribution in [0.25, 0.3) is 0 Å². The highest BCUT2D eigenvalue weighted by atomic mass is 15.2. The van der Waals surface area contributed by atoms with Crippen molar-refractivity contribution in [2.45, 2.75) is 41.5 Å². The van der Waals surface area contributed by atoms with E-state index >= 15 is 0 Å². The van der Waals surface area contributed by atoms with Gasteiger partial charge in [0, 0.05) is 92.2 Å². The molecule has 0 spiro atoms. The van der Waals surface area contributed by atoms with Crippen LogP contribution in [-0.4, -0.2) is 59.1 Å². The van der Waals surface area contributed by atoms with Crippen LogP contribution in [0.4, 0.5) is 39.8 Å². The normalized spacial score (nSPS) is 13.8. The van der Waals surface area contributed by atoms with Crippen molar-refractivity contribution in [3.05, 3.63) is 191 Å². The first-order valence-corrected chi connectivity index (χ1v) is 22.8. The molecule has 0 atom stereocenters. The fourth-order valence-corrected chi connectivity index (χ4v) is 9.82. The molecule has 1 aliphatic heterocycles. The minimum atomic E-state index is 0.00749. The summed E-state index contributed by atoms with van der Waals surface area (Å²) in [7, 11) is 0. The average molecular weight is 831 g/mol. The first kappa shape index (κ1) is 43.5. The number of aryl methyl sites for hydroxylation is 6. The number of rotatable bonds is 10. The third kappa shape index (κ3) is 9.92. The van der Waals surface area contributed by atoms with Crippen LogP contribution >= 0.6 is 0 Å². The van der Waals surface area contributed by atoms with E-state index in [9.17, 15) is 0 Å². The third-order valence-corrected chi connectivity index (χ3v) is 12.6. The number of anilines is 7. The Morgan fingerprint density at radius 2 is 0.619 bits per heavy atom. The van der Waals surface area contributed by atoms with Gasteiger partial charge in [-0.2, -0.15) is 0 Å². The minimum absolute atomic E-state index is 0.00749. The van der Waals surface area contributed by atoms with Crippen LogP contribution in [-0.2, 0) is 0 Å². The molecule has 3 N–H and O–H groups in total. The molecule has 0 amide bonds. The van der Waals surface area contributed by atoms with Crippen LogP contribution in [0.1, 0.15) is 33.4 Å². The summed E-state index contributed by atoms with van der Waals surface area (Å²) in [6.07, 6.45) is 0. The predicted molar refractivity (Wildman–Crippen MR) is 273 cm³/mol. The molecule has 1 fully saturated rings. The minimum Gasteiger partial charge on any atom is -0.369 e. The largest absolute Gasteiger partial charge is 0.369 e. The first-order valence-electron chi connectivity index (χ1n) is 22.8. The van der Waals surface area contributed by atoms with Crippen LogP contribution in [0.5, 0.6) is 0 Å². The van der Waals surface area contributed by atoms with Crippen molar-refractivity contribution >= 4 is 62.9 Å². The van der Waals surface area contributed by atoms with E-state index in [0.717, 1.165) is 86.5 Å². The van der Waals surface area contributed by atoms with Crippen molar-refractivity contribution in [3.8, 4) is 0 Å². The Balaban J connectivity index is 1.29. The number of nitrogens with one attached hydrogen (secondary N) is 3. The lowest BCUT2D eigenvalue weighted by Crippen LogP contribution is -2.57. The standard InChI is InChI=1S/C56H63BN6/c1-41-35-51(61-33-31-59-29-27-58-28-30-60-32-34-61)36-42(2)54(41)57(55-43(3)37-52(38-44(55)4)62(47-19-11-7-12-20-47)48-21-13-8-14-22-48)56-45(5)39-53(40-46(56)6)63(49-23-15-9-16-24-49)50-25-17-10-18-26-50/h7-26,35-40,58-60H,27-34H2,1-6H3. The Kier molecular flexibility index (Phi) is 14.1. The molecule has 0 unspecified atom stereocenters. The highest BCUT2D eigenvalue weighted by molar-refractivity contribution is 6.97. The van der Waals surface area contributed by atoms with E-state index in [4.69, 9.17) is 0 Å². The van der Waals surface area contributed by atoms with Gasteiger partial charge in [0.25, 0.3) is 0 Å². The second-order valence-electron chi connectivity index (χ2n) is 17.2. The summed E-state index contributed by atoms with van der Waals surface area (Å²) in [6.45, 7) is 21.7. The topological polar surface area (TPSA) is 45.8 Å². The van der Waals surface area contributed by atoms with E-state index in [1.54, 1.807) is 0 Å². The monoisotopic (exact) mass is 831 g/mol. The van der Waals surface area contributed by atoms with Crippen molar-refractivity contribution in [2.24, 2.45) is 0 Å². The maximum atomic E-state index is 3.66. The SMILES string of the molecule is Cc1cc(N2CCNCCNCCNCC2)cc(C)c1B(c1c(C)cc(N(c2ccccc2)c2ccccc2)cc1C)c1c(C)cc(N(c2ccccc2)c2ccccc2)cc1C. The summed E-state index contributed by atoms with van der Waals surface area (Å²) in [5.41, 5.74) is 20.1. The molecule has 7 heteroatoms. The van der Waals surface area contributed by atoms with Gasteiger partial charge in [0.05, 0.1) is 0 Å². The van der Waals surface area contributed by atoms with Crippen LogP contribution in [0.15, 0.2) is 158 Å². The van der Waals surface area contributed by atoms with Crippen molar-refractivity contribution in [1.29, 1.82) is 0 Å². The van der Waals surface area contributed by atoms with E-state index in [1.807, 2.05) is 0 Å². The van der Waals surface area contributed by atoms with Crippen LogP contribution < -0.4 is 47.0 Å². The van der Waals surface area contributed by atoms with Crippen LogP contribution in [0, 0.1) is 41.5 Å². The second kappa shape index (κ2) is 20.4. The molecule has 63 heavy (non-hydrogen) atoms. The fourth-order valence-electron chi connectivity index (χ4n) is 9.82. The van der Waals surface area contributed by atoms with Crippen molar-refractivity contribution in [1.82, 2.24) is 16.0 Å². The number of hydrogen-bond acceptors (Lipinski definition) is 6. The van der Waals surface area contributed by atoms with Gasteiger partial charge in [0.15, 0.2) is 0 Å². The van der Waals surface area contributed by atoms with Crippen molar-refractivity contribution in [3.63, 3.8) is 0 Å². The molecule has 7 aromatic rings. The van der Waals surface area contributed by atoms with Gasteiger partial charge in [-0.05, 0) is 126 Å². The van der Waals surface area contributed by atoms with Crippen LogP contribution in [0.2, 0.25) is 0 Å². The van der Waals surface area contributed by atoms with Crippen molar-refractivity contribution < 1.29 is 0 Å². The molecule has 1 aliphatic rings. The summed E-state index contributed by atoms with van der Waals surface area (Å²) in [4.78, 5) is 7.33. The zero-order valence-electron chi connectivity index (χ0n) is 38.1. The maximum absolute atomic E-state index is 3.66. The smallest absolute Gasteiger partial charge is 0.243 e. The maximum Gasteiger partial charge on any atom is 0.243 e. The highest BCUT2D eigenvalue weighted by Crippen LogP contribution is 2.37. The molecule has 0 aliphatic carbocycles. The number of nitrogens with zero attached hydrogens (tertiary/aromatic N) is 3. The molecular weight excluding hydrogens is 767 g/mol. The van der Waals surface area contributed by atoms with E-state index < -0.39 is 0 Å². The highest BCUT2D eigenvalue weighted by Gasteiger charge is 2.33. The molecule has 0 aromatic heterocycles. The quantitative estimate of drug-likeness (QED) is 0.120. The Bertz CT molecular complexity index is 2280. The molecule has 0 saturated carbocycles. The fraction of sp³-hybridized carbons (Fsp3) is 0.250. The second-order valence-corrected chi connectivity index (χ2v) is 17.2. The molecular formula is C56H63BN6. The van der Waals surface area contributed by atoms with E-state index in [0.29, 0.717) is 0 Å². The molecule has 320 valence electrons. The van der Waals surface area contributed by atoms with Gasteiger partial charge in [-0.3, -0.25) is 0 Å². The molecule has 6 nitrogen and oxygen atoms in total. The van der Waals surface area contributed by atoms with Gasteiger partial charge in [-0.25, -0.2) is 0 Å². The molecule has 0 radical (unpaired) electrons. The van der Waals surface area contributed by atoms with Gasteiger partial charge in [-0.15, -0.1) is 0 Å². The summed E-state index contributed by atoms with van der Waals surface area (Å²) >= 11 is 0. The summed E-state index contributed by atoms with van der Waals surface area (Å²) < 4.78 is 0. The summed E-state index contributed by atoms with van der Waals surface area (Å²) in [5.74, 6) is 0. The lowest BCUT2D eigenvalue weighted by molar-refractivity contribution is 0.557. The van der Waals surface area contributed by atoms with Crippen LogP contribution in [0.3, 0.4) is 0 Å². The molecule has 8 rings (SSSR count). The Labute approximate surface area is 377 Å². The first-order chi connectivity index (χ1) is 30.8. The zero-order chi connectivity index (χ0) is 43.7. The number of benzene rings is 7. The number of para-hydroxylation sites is 4. The third-order valence-electron chi connectivity index (χ3n) is 12.6. The molecule has 7 aromatic carbocycles. The molecule has 1 heterocycles. The predicted octanol–water partition coefficient (Wildman–Crippen LogP) is 9.58. The average Bonchev–Trinajstić information content (AvgIpc) is 3.27. The molecule has 1 saturated heterocycles. The van der Waals surface area contributed by atoms with E-state index in [-0.39, 0.29) is 6.71 Å². The van der Waals surface area contributed by atoms with E-state index in [2.05, 4.69) is 230 Å². The lowest BCUT2D eigenvalue weighted by Gasteiger charge is -2.32. The summed E-state index contributed by atoms with van der Waals surface area (Å²) in [5, 5.41) is 10.9. The van der Waals surface area contributed by atoms with Gasteiger partial charge in [0.2, 0.25) is 6.71 Å². The Morgan fingerprint density at radius 3 is 0.921 bits per heavy atom. The van der Waals surface area contributed by atoms with Gasteiger partial charge >= 0.3 is 0 Å². The number of hydrogen-bond donors (Lipinski definition) is 3. The Morgan fingerprint density at radius 1 is 0.349 bits per heavy atom. The van der Waals surface area contributed by atoms with Crippen molar-refractivity contribution in [2.75, 3.05) is 67.1 Å². The zero-order valence-corrected chi connectivity index (χ0v) is 38.1. The lowest BCUT2D eigenvalue weighted by atomic mass is 9.33.